The molecule has 0 aliphatic carbocycles. The zero-order chi connectivity index (χ0) is 14.8. The van der Waals surface area contributed by atoms with E-state index in [0.29, 0.717) is 11.8 Å². The van der Waals surface area contributed by atoms with Crippen LogP contribution in [0.15, 0.2) is 52.9 Å². The van der Waals surface area contributed by atoms with Gasteiger partial charge in [0.1, 0.15) is 5.38 Å². The summed E-state index contributed by atoms with van der Waals surface area (Å²) in [6.45, 7) is 2.05. The van der Waals surface area contributed by atoms with Gasteiger partial charge in [-0.25, -0.2) is 0 Å². The molecule has 2 aromatic carbocycles. The first-order valence-corrected chi connectivity index (χ1v) is 7.96. The summed E-state index contributed by atoms with van der Waals surface area (Å²) in [5, 5.41) is 7.78. The Morgan fingerprint density at radius 3 is 2.57 bits per heavy atom. The van der Waals surface area contributed by atoms with Crippen molar-refractivity contribution in [2.75, 3.05) is 0 Å². The van der Waals surface area contributed by atoms with Gasteiger partial charge in [0, 0.05) is 3.57 Å². The third-order valence-electron chi connectivity index (χ3n) is 3.17. The molecule has 1 heterocycles. The molecule has 0 aliphatic heterocycles. The Bertz CT molecular complexity index is 758. The van der Waals surface area contributed by atoms with Gasteiger partial charge < -0.3 is 4.42 Å². The molecule has 106 valence electrons. The van der Waals surface area contributed by atoms with E-state index in [1.165, 1.54) is 5.56 Å². The molecular formula is C16H12ClIN2O. The summed E-state index contributed by atoms with van der Waals surface area (Å²) in [4.78, 5) is 0. The van der Waals surface area contributed by atoms with Crippen molar-refractivity contribution in [3.05, 3.63) is 69.1 Å². The van der Waals surface area contributed by atoms with Crippen molar-refractivity contribution in [1.29, 1.82) is 0 Å². The van der Waals surface area contributed by atoms with E-state index in [2.05, 4.69) is 45.8 Å². The molecule has 1 unspecified atom stereocenters. The topological polar surface area (TPSA) is 38.9 Å². The fourth-order valence-electron chi connectivity index (χ4n) is 2.02. The average Bonchev–Trinajstić information content (AvgIpc) is 3.00. The number of hydrogen-bond donors (Lipinski definition) is 0. The van der Waals surface area contributed by atoms with E-state index in [0.717, 1.165) is 14.7 Å². The molecule has 0 aliphatic rings. The molecule has 0 spiro atoms. The van der Waals surface area contributed by atoms with Crippen molar-refractivity contribution in [3.8, 4) is 11.5 Å². The highest BCUT2D eigenvalue weighted by molar-refractivity contribution is 14.1. The molecule has 0 bridgehead atoms. The van der Waals surface area contributed by atoms with Crippen molar-refractivity contribution in [3.63, 3.8) is 0 Å². The third-order valence-corrected chi connectivity index (χ3v) is 5.04. The minimum absolute atomic E-state index is 0.412. The van der Waals surface area contributed by atoms with Gasteiger partial charge in [-0.3, -0.25) is 0 Å². The Hall–Kier alpha value is -1.40. The molecule has 21 heavy (non-hydrogen) atoms. The Morgan fingerprint density at radius 1 is 1.05 bits per heavy atom. The highest BCUT2D eigenvalue weighted by Crippen LogP contribution is 2.31. The maximum absolute atomic E-state index is 6.41. The fraction of sp³-hybridized carbons (Fsp3) is 0.125. The summed E-state index contributed by atoms with van der Waals surface area (Å²) in [5.41, 5.74) is 3.05. The second kappa shape index (κ2) is 6.15. The van der Waals surface area contributed by atoms with Crippen LogP contribution in [0, 0.1) is 10.5 Å². The average molecular weight is 411 g/mol. The smallest absolute Gasteiger partial charge is 0.248 e. The van der Waals surface area contributed by atoms with Gasteiger partial charge in [0.25, 0.3) is 0 Å². The molecule has 3 rings (SSSR count). The van der Waals surface area contributed by atoms with Gasteiger partial charge in [0.05, 0.1) is 5.56 Å². The van der Waals surface area contributed by atoms with Gasteiger partial charge in [-0.05, 0) is 46.7 Å². The van der Waals surface area contributed by atoms with E-state index >= 15 is 0 Å². The monoisotopic (exact) mass is 410 g/mol. The molecule has 0 saturated heterocycles. The number of hydrogen-bond acceptors (Lipinski definition) is 3. The van der Waals surface area contributed by atoms with Crippen LogP contribution in [0.3, 0.4) is 0 Å². The Balaban J connectivity index is 1.95. The van der Waals surface area contributed by atoms with Crippen molar-refractivity contribution < 1.29 is 4.42 Å². The van der Waals surface area contributed by atoms with Gasteiger partial charge in [-0.2, -0.15) is 0 Å². The van der Waals surface area contributed by atoms with Gasteiger partial charge in [-0.15, -0.1) is 21.8 Å². The molecular weight excluding hydrogens is 399 g/mol. The molecule has 5 heteroatoms. The lowest BCUT2D eigenvalue weighted by Gasteiger charge is -2.04. The summed E-state index contributed by atoms with van der Waals surface area (Å²) >= 11 is 8.69. The normalized spacial score (nSPS) is 12.3. The van der Waals surface area contributed by atoms with Crippen LogP contribution in [-0.4, -0.2) is 10.2 Å². The van der Waals surface area contributed by atoms with Gasteiger partial charge in [0.15, 0.2) is 0 Å². The molecule has 1 atom stereocenters. The Labute approximate surface area is 141 Å². The lowest BCUT2D eigenvalue weighted by molar-refractivity contribution is 0.513. The molecule has 0 fully saturated rings. The van der Waals surface area contributed by atoms with Crippen molar-refractivity contribution in [2.45, 2.75) is 12.3 Å². The summed E-state index contributed by atoms with van der Waals surface area (Å²) < 4.78 is 6.87. The molecule has 3 aromatic rings. The van der Waals surface area contributed by atoms with Crippen molar-refractivity contribution in [1.82, 2.24) is 10.2 Å². The maximum Gasteiger partial charge on any atom is 0.248 e. The standard InChI is InChI=1S/C16H12ClIN2O/c1-10-6-5-9-12(14(10)18)15-19-20-16(21-15)13(17)11-7-3-2-4-8-11/h2-9,13H,1H3. The summed E-state index contributed by atoms with van der Waals surface area (Å²) in [6.07, 6.45) is 0. The third kappa shape index (κ3) is 2.96. The van der Waals surface area contributed by atoms with Gasteiger partial charge in [0.2, 0.25) is 11.8 Å². The first kappa shape index (κ1) is 14.5. The summed E-state index contributed by atoms with van der Waals surface area (Å²) in [6, 6.07) is 15.7. The SMILES string of the molecule is Cc1cccc(-c2nnc(C(Cl)c3ccccc3)o2)c1I. The number of aromatic nitrogens is 2. The molecule has 0 radical (unpaired) electrons. The second-order valence-corrected chi connectivity index (χ2v) is 6.17. The molecule has 1 aromatic heterocycles. The van der Waals surface area contributed by atoms with Crippen LogP contribution in [-0.2, 0) is 0 Å². The van der Waals surface area contributed by atoms with Crippen LogP contribution < -0.4 is 0 Å². The highest BCUT2D eigenvalue weighted by Gasteiger charge is 2.19. The number of alkyl halides is 1. The van der Waals surface area contributed by atoms with Crippen LogP contribution >= 0.6 is 34.2 Å². The van der Waals surface area contributed by atoms with Crippen LogP contribution in [0.5, 0.6) is 0 Å². The number of halogens is 2. The quantitative estimate of drug-likeness (QED) is 0.452. The number of rotatable bonds is 3. The Morgan fingerprint density at radius 2 is 1.81 bits per heavy atom. The van der Waals surface area contributed by atoms with E-state index in [1.54, 1.807) is 0 Å². The van der Waals surface area contributed by atoms with Crippen LogP contribution in [0.4, 0.5) is 0 Å². The van der Waals surface area contributed by atoms with Crippen LogP contribution in [0.2, 0.25) is 0 Å². The molecule has 0 N–H and O–H groups in total. The number of nitrogens with zero attached hydrogens (tertiary/aromatic N) is 2. The zero-order valence-electron chi connectivity index (χ0n) is 11.3. The molecule has 0 amide bonds. The first-order valence-electron chi connectivity index (χ1n) is 6.44. The first-order chi connectivity index (χ1) is 10.2. The van der Waals surface area contributed by atoms with E-state index in [-0.39, 0.29) is 0 Å². The minimum Gasteiger partial charge on any atom is -0.419 e. The number of benzene rings is 2. The van der Waals surface area contributed by atoms with Gasteiger partial charge in [-0.1, -0.05) is 42.5 Å². The van der Waals surface area contributed by atoms with E-state index in [4.69, 9.17) is 16.0 Å². The van der Waals surface area contributed by atoms with E-state index in [1.807, 2.05) is 42.5 Å². The van der Waals surface area contributed by atoms with Crippen LogP contribution in [0.25, 0.3) is 11.5 Å². The largest absolute Gasteiger partial charge is 0.419 e. The minimum atomic E-state index is -0.435. The maximum atomic E-state index is 6.41. The predicted molar refractivity (Wildman–Crippen MR) is 91.3 cm³/mol. The van der Waals surface area contributed by atoms with E-state index < -0.39 is 5.38 Å². The lowest BCUT2D eigenvalue weighted by atomic mass is 10.1. The predicted octanol–water partition coefficient (Wildman–Crippen LogP) is 4.98. The van der Waals surface area contributed by atoms with Crippen LogP contribution in [0.1, 0.15) is 22.4 Å². The van der Waals surface area contributed by atoms with Crippen molar-refractivity contribution in [2.24, 2.45) is 0 Å². The zero-order valence-corrected chi connectivity index (χ0v) is 14.2. The molecule has 3 nitrogen and oxygen atoms in total. The van der Waals surface area contributed by atoms with Crippen molar-refractivity contribution >= 4 is 34.2 Å². The lowest BCUT2D eigenvalue weighted by Crippen LogP contribution is -1.92. The summed E-state index contributed by atoms with van der Waals surface area (Å²) in [7, 11) is 0. The summed E-state index contributed by atoms with van der Waals surface area (Å²) in [5.74, 6) is 0.912. The van der Waals surface area contributed by atoms with Gasteiger partial charge >= 0.3 is 0 Å². The highest BCUT2D eigenvalue weighted by atomic mass is 127. The van der Waals surface area contributed by atoms with E-state index in [9.17, 15) is 0 Å². The Kier molecular flexibility index (Phi) is 4.26. The fourth-order valence-corrected chi connectivity index (χ4v) is 2.85. The number of aryl methyl sites for hydroxylation is 1. The molecule has 0 saturated carbocycles. The second-order valence-electron chi connectivity index (χ2n) is 4.66.